The first-order valence-corrected chi connectivity index (χ1v) is 6.83. The molecule has 8 heteroatoms. The molecule has 0 aromatic carbocycles. The van der Waals surface area contributed by atoms with Crippen molar-refractivity contribution in [1.82, 2.24) is 14.8 Å². The van der Waals surface area contributed by atoms with Crippen molar-refractivity contribution in [3.05, 3.63) is 22.2 Å². The number of ether oxygens (including phenoxy) is 1. The van der Waals surface area contributed by atoms with E-state index in [2.05, 4.69) is 34.2 Å². The Morgan fingerprint density at radius 1 is 1.48 bits per heavy atom. The lowest BCUT2D eigenvalue weighted by molar-refractivity contribution is -0.384. The summed E-state index contributed by atoms with van der Waals surface area (Å²) in [6.45, 7) is 3.53. The summed E-state index contributed by atoms with van der Waals surface area (Å²) in [5.41, 5.74) is -0.0392. The topological polar surface area (TPSA) is 83.8 Å². The van der Waals surface area contributed by atoms with Crippen LogP contribution in [0, 0.1) is 10.1 Å². The molecule has 0 aliphatic carbocycles. The molecular weight excluding hydrogens is 274 g/mol. The zero-order valence-electron chi connectivity index (χ0n) is 12.6. The number of aromatic nitrogens is 1. The van der Waals surface area contributed by atoms with Crippen LogP contribution in [0.25, 0.3) is 0 Å². The van der Waals surface area contributed by atoms with Crippen molar-refractivity contribution in [2.75, 3.05) is 52.7 Å². The second-order valence-electron chi connectivity index (χ2n) is 5.26. The zero-order valence-corrected chi connectivity index (χ0v) is 12.6. The maximum atomic E-state index is 11.1. The van der Waals surface area contributed by atoms with E-state index in [0.717, 1.165) is 19.6 Å². The maximum Gasteiger partial charge on any atom is 0.311 e. The minimum Gasteiger partial charge on any atom is -0.481 e. The molecule has 1 aromatic heterocycles. The van der Waals surface area contributed by atoms with E-state index in [-0.39, 0.29) is 17.5 Å². The highest BCUT2D eigenvalue weighted by molar-refractivity contribution is 5.57. The average molecular weight is 295 g/mol. The number of anilines is 1. The van der Waals surface area contributed by atoms with Crippen molar-refractivity contribution in [2.45, 2.75) is 6.04 Å². The van der Waals surface area contributed by atoms with Gasteiger partial charge in [-0.15, -0.1) is 0 Å². The Morgan fingerprint density at radius 2 is 2.24 bits per heavy atom. The molecule has 8 nitrogen and oxygen atoms in total. The summed E-state index contributed by atoms with van der Waals surface area (Å²) in [6.07, 6.45) is 0. The quantitative estimate of drug-likeness (QED) is 0.631. The van der Waals surface area contributed by atoms with Crippen LogP contribution in [0.2, 0.25) is 0 Å². The van der Waals surface area contributed by atoms with Crippen LogP contribution in [0.15, 0.2) is 12.1 Å². The number of piperazine rings is 1. The predicted molar refractivity (Wildman–Crippen MR) is 79.8 cm³/mol. The number of likely N-dealkylation sites (N-methyl/N-ethyl adjacent to an activating group) is 2. The second-order valence-corrected chi connectivity index (χ2v) is 5.26. The molecule has 0 bridgehead atoms. The van der Waals surface area contributed by atoms with E-state index in [1.54, 1.807) is 0 Å². The average Bonchev–Trinajstić information content (AvgIpc) is 2.47. The lowest BCUT2D eigenvalue weighted by Crippen LogP contribution is -2.52. The lowest BCUT2D eigenvalue weighted by Gasteiger charge is -2.37. The van der Waals surface area contributed by atoms with Gasteiger partial charge in [-0.2, -0.15) is 4.98 Å². The van der Waals surface area contributed by atoms with E-state index in [9.17, 15) is 10.1 Å². The molecule has 0 saturated carbocycles. The molecule has 0 radical (unpaired) electrons. The first kappa shape index (κ1) is 15.5. The summed E-state index contributed by atoms with van der Waals surface area (Å²) in [5.74, 6) is 0.609. The molecule has 1 aliphatic heterocycles. The van der Waals surface area contributed by atoms with Crippen molar-refractivity contribution < 1.29 is 9.66 Å². The number of methoxy groups -OCH3 is 1. The second kappa shape index (κ2) is 6.68. The van der Waals surface area contributed by atoms with Gasteiger partial charge in [0.05, 0.1) is 12.0 Å². The number of nitro groups is 1. The number of hydrogen-bond acceptors (Lipinski definition) is 7. The van der Waals surface area contributed by atoms with Crippen LogP contribution < -0.4 is 10.1 Å². The molecule has 116 valence electrons. The predicted octanol–water partition coefficient (Wildman–Crippen LogP) is 0.656. The van der Waals surface area contributed by atoms with Gasteiger partial charge < -0.3 is 15.0 Å². The van der Waals surface area contributed by atoms with Crippen molar-refractivity contribution >= 4 is 11.5 Å². The standard InChI is InChI=1S/C13H21N5O3/c1-16-6-7-17(2)10(9-16)8-14-13-11(18(19)20)4-5-12(15-13)21-3/h4-5,10H,6-9H2,1-3H3,(H,14,15). The molecule has 2 heterocycles. The van der Waals surface area contributed by atoms with Crippen LogP contribution >= 0.6 is 0 Å². The normalized spacial score (nSPS) is 20.2. The molecule has 1 saturated heterocycles. The van der Waals surface area contributed by atoms with Gasteiger partial charge in [0, 0.05) is 44.4 Å². The monoisotopic (exact) mass is 295 g/mol. The number of hydrogen-bond donors (Lipinski definition) is 1. The van der Waals surface area contributed by atoms with Crippen molar-refractivity contribution in [3.8, 4) is 5.88 Å². The largest absolute Gasteiger partial charge is 0.481 e. The van der Waals surface area contributed by atoms with Crippen LogP contribution in [0.1, 0.15) is 0 Å². The Hall–Kier alpha value is -1.93. The minimum atomic E-state index is -0.439. The summed E-state index contributed by atoms with van der Waals surface area (Å²) in [4.78, 5) is 19.2. The number of pyridine rings is 1. The molecule has 1 fully saturated rings. The molecule has 1 aromatic rings. The van der Waals surface area contributed by atoms with E-state index in [0.29, 0.717) is 12.4 Å². The van der Waals surface area contributed by atoms with Gasteiger partial charge in [0.1, 0.15) is 0 Å². The zero-order chi connectivity index (χ0) is 15.4. The summed E-state index contributed by atoms with van der Waals surface area (Å²) in [7, 11) is 5.63. The molecular formula is C13H21N5O3. The van der Waals surface area contributed by atoms with Crippen LogP contribution in [0.4, 0.5) is 11.5 Å². The Labute approximate surface area is 123 Å². The van der Waals surface area contributed by atoms with E-state index in [1.165, 1.54) is 19.2 Å². The van der Waals surface area contributed by atoms with Gasteiger partial charge in [0.25, 0.3) is 0 Å². The molecule has 0 spiro atoms. The minimum absolute atomic E-state index is 0.0392. The van der Waals surface area contributed by atoms with E-state index >= 15 is 0 Å². The Bertz CT molecular complexity index is 511. The third-order valence-corrected chi connectivity index (χ3v) is 3.74. The molecule has 1 atom stereocenters. The highest BCUT2D eigenvalue weighted by Crippen LogP contribution is 2.25. The van der Waals surface area contributed by atoms with Gasteiger partial charge in [0.2, 0.25) is 11.7 Å². The number of nitrogens with one attached hydrogen (secondary N) is 1. The van der Waals surface area contributed by atoms with Gasteiger partial charge >= 0.3 is 5.69 Å². The number of nitrogens with zero attached hydrogens (tertiary/aromatic N) is 4. The van der Waals surface area contributed by atoms with Crippen molar-refractivity contribution in [3.63, 3.8) is 0 Å². The molecule has 1 N–H and O–H groups in total. The molecule has 1 unspecified atom stereocenters. The highest BCUT2D eigenvalue weighted by atomic mass is 16.6. The first-order valence-electron chi connectivity index (χ1n) is 6.83. The summed E-state index contributed by atoms with van der Waals surface area (Å²) in [6, 6.07) is 3.19. The summed E-state index contributed by atoms with van der Waals surface area (Å²) >= 11 is 0. The third kappa shape index (κ3) is 3.79. The van der Waals surface area contributed by atoms with E-state index < -0.39 is 4.92 Å². The lowest BCUT2D eigenvalue weighted by atomic mass is 10.2. The molecule has 2 rings (SSSR count). The summed E-state index contributed by atoms with van der Waals surface area (Å²) < 4.78 is 5.03. The van der Waals surface area contributed by atoms with Crippen molar-refractivity contribution in [2.24, 2.45) is 0 Å². The van der Waals surface area contributed by atoms with Crippen LogP contribution in [0.3, 0.4) is 0 Å². The van der Waals surface area contributed by atoms with Gasteiger partial charge in [-0.3, -0.25) is 15.0 Å². The van der Waals surface area contributed by atoms with E-state index in [1.807, 2.05) is 0 Å². The molecule has 21 heavy (non-hydrogen) atoms. The molecule has 1 aliphatic rings. The smallest absolute Gasteiger partial charge is 0.311 e. The van der Waals surface area contributed by atoms with Gasteiger partial charge in [-0.1, -0.05) is 0 Å². The number of rotatable bonds is 5. The van der Waals surface area contributed by atoms with Gasteiger partial charge in [0.15, 0.2) is 0 Å². The highest BCUT2D eigenvalue weighted by Gasteiger charge is 2.23. The fourth-order valence-electron chi connectivity index (χ4n) is 2.36. The maximum absolute atomic E-state index is 11.1. The SMILES string of the molecule is COc1ccc([N+](=O)[O-])c(NCC2CN(C)CCN2C)n1. The molecule has 0 amide bonds. The Morgan fingerprint density at radius 3 is 2.90 bits per heavy atom. The van der Waals surface area contributed by atoms with Gasteiger partial charge in [-0.05, 0) is 14.1 Å². The van der Waals surface area contributed by atoms with E-state index in [4.69, 9.17) is 4.74 Å². The Balaban J connectivity index is 2.09. The fraction of sp³-hybridized carbons (Fsp3) is 0.615. The fourth-order valence-corrected chi connectivity index (χ4v) is 2.36. The van der Waals surface area contributed by atoms with Crippen LogP contribution in [-0.2, 0) is 0 Å². The van der Waals surface area contributed by atoms with Crippen molar-refractivity contribution in [1.29, 1.82) is 0 Å². The summed E-state index contributed by atoms with van der Waals surface area (Å²) in [5, 5.41) is 14.1. The van der Waals surface area contributed by atoms with Crippen LogP contribution in [0.5, 0.6) is 5.88 Å². The Kier molecular flexibility index (Phi) is 4.92. The third-order valence-electron chi connectivity index (χ3n) is 3.74. The van der Waals surface area contributed by atoms with Gasteiger partial charge in [-0.25, -0.2) is 0 Å². The van der Waals surface area contributed by atoms with Crippen LogP contribution in [-0.4, -0.2) is 73.1 Å². The first-order chi connectivity index (χ1) is 10.0.